The number of hydrogen-bond acceptors (Lipinski definition) is 7. The maximum absolute atomic E-state index is 12.9. The van der Waals surface area contributed by atoms with Crippen molar-refractivity contribution in [3.8, 4) is 11.6 Å². The van der Waals surface area contributed by atoms with Gasteiger partial charge < -0.3 is 19.7 Å². The second kappa shape index (κ2) is 8.87. The van der Waals surface area contributed by atoms with Crippen LogP contribution in [0.15, 0.2) is 60.9 Å². The summed E-state index contributed by atoms with van der Waals surface area (Å²) in [5, 5.41) is 10.5. The standard InChI is InChI=1S/C26H27N5O3/c1-26(2,33)18-6-5-15-31(16-18)24-25(28-14-13-27-24)34-19-11-9-17(10-12-19)22(32)23-29-20-7-3-4-8-21(20)30-23/h3-4,7-14,18,33H,5-6,15-16H2,1-2H3,(H,29,30)/t18-/m1/s1. The average Bonchev–Trinajstić information content (AvgIpc) is 3.28. The number of fused-ring (bicyclic) bond motifs is 1. The molecule has 2 N–H and O–H groups in total. The monoisotopic (exact) mass is 457 g/mol. The number of carbonyl (C=O) groups excluding carboxylic acids is 1. The molecule has 1 fully saturated rings. The SMILES string of the molecule is CC(C)(O)[C@@H]1CCCN(c2nccnc2Oc2ccc(C(=O)c3nc4ccccc4[nH]3)cc2)C1. The van der Waals surface area contributed by atoms with Crippen LogP contribution in [0.25, 0.3) is 11.0 Å². The van der Waals surface area contributed by atoms with Gasteiger partial charge in [0.1, 0.15) is 5.75 Å². The van der Waals surface area contributed by atoms with Gasteiger partial charge >= 0.3 is 0 Å². The Hall–Kier alpha value is -3.78. The van der Waals surface area contributed by atoms with Crippen molar-refractivity contribution in [2.24, 2.45) is 5.92 Å². The molecule has 1 saturated heterocycles. The fraction of sp³-hybridized carbons (Fsp3) is 0.308. The van der Waals surface area contributed by atoms with Gasteiger partial charge in [-0.05, 0) is 63.1 Å². The smallest absolute Gasteiger partial charge is 0.263 e. The molecule has 0 radical (unpaired) electrons. The molecule has 4 aromatic rings. The fourth-order valence-electron chi connectivity index (χ4n) is 4.34. The van der Waals surface area contributed by atoms with Gasteiger partial charge in [0.05, 0.1) is 16.6 Å². The van der Waals surface area contributed by atoms with Crippen LogP contribution in [0.2, 0.25) is 0 Å². The number of para-hydroxylation sites is 2. The molecule has 0 bridgehead atoms. The van der Waals surface area contributed by atoms with Crippen LogP contribution in [-0.4, -0.2) is 49.5 Å². The van der Waals surface area contributed by atoms with E-state index in [-0.39, 0.29) is 11.7 Å². The van der Waals surface area contributed by atoms with E-state index in [0.29, 0.717) is 35.4 Å². The van der Waals surface area contributed by atoms with Crippen LogP contribution in [-0.2, 0) is 0 Å². The molecule has 8 nitrogen and oxygen atoms in total. The topological polar surface area (TPSA) is 104 Å². The Morgan fingerprint density at radius 2 is 1.88 bits per heavy atom. The maximum atomic E-state index is 12.9. The third-order valence-corrected chi connectivity index (χ3v) is 6.30. The summed E-state index contributed by atoms with van der Waals surface area (Å²) in [5.41, 5.74) is 1.33. The van der Waals surface area contributed by atoms with Gasteiger partial charge in [-0.3, -0.25) is 4.79 Å². The van der Waals surface area contributed by atoms with Gasteiger partial charge in [-0.15, -0.1) is 0 Å². The quantitative estimate of drug-likeness (QED) is 0.415. The molecule has 2 aromatic heterocycles. The second-order valence-electron chi connectivity index (χ2n) is 9.18. The van der Waals surface area contributed by atoms with Crippen LogP contribution in [0, 0.1) is 5.92 Å². The summed E-state index contributed by atoms with van der Waals surface area (Å²) >= 11 is 0. The summed E-state index contributed by atoms with van der Waals surface area (Å²) in [6.07, 6.45) is 5.17. The number of rotatable bonds is 6. The van der Waals surface area contributed by atoms with E-state index >= 15 is 0 Å². The summed E-state index contributed by atoms with van der Waals surface area (Å²) in [7, 11) is 0. The van der Waals surface area contributed by atoms with Crippen LogP contribution in [0.5, 0.6) is 11.6 Å². The lowest BCUT2D eigenvalue weighted by molar-refractivity contribution is 0.0109. The molecular weight excluding hydrogens is 430 g/mol. The number of anilines is 1. The lowest BCUT2D eigenvalue weighted by Gasteiger charge is -2.39. The number of benzene rings is 2. The third kappa shape index (κ3) is 4.49. The highest BCUT2D eigenvalue weighted by Gasteiger charge is 2.33. The lowest BCUT2D eigenvalue weighted by Crippen LogP contribution is -2.45. The number of ether oxygens (including phenoxy) is 1. The van der Waals surface area contributed by atoms with Crippen molar-refractivity contribution in [1.82, 2.24) is 19.9 Å². The number of hydrogen-bond donors (Lipinski definition) is 2. The minimum Gasteiger partial charge on any atom is -0.436 e. The first-order valence-electron chi connectivity index (χ1n) is 11.4. The van der Waals surface area contributed by atoms with Gasteiger partial charge in [0.25, 0.3) is 5.88 Å². The van der Waals surface area contributed by atoms with Crippen LogP contribution in [0.3, 0.4) is 0 Å². The fourth-order valence-corrected chi connectivity index (χ4v) is 4.34. The molecule has 0 aliphatic carbocycles. The van der Waals surface area contributed by atoms with E-state index in [1.54, 1.807) is 36.7 Å². The van der Waals surface area contributed by atoms with Crippen molar-refractivity contribution >= 4 is 22.6 Å². The molecule has 174 valence electrons. The minimum atomic E-state index is -0.760. The van der Waals surface area contributed by atoms with Gasteiger partial charge in [0.15, 0.2) is 11.6 Å². The summed E-state index contributed by atoms with van der Waals surface area (Å²) < 4.78 is 6.06. The van der Waals surface area contributed by atoms with Gasteiger partial charge in [0, 0.05) is 37.0 Å². The third-order valence-electron chi connectivity index (χ3n) is 6.30. The van der Waals surface area contributed by atoms with Crippen molar-refractivity contribution in [3.05, 3.63) is 72.3 Å². The molecule has 0 saturated carbocycles. The van der Waals surface area contributed by atoms with Crippen molar-refractivity contribution in [2.45, 2.75) is 32.3 Å². The molecule has 2 aromatic carbocycles. The Labute approximate surface area is 197 Å². The summed E-state index contributed by atoms with van der Waals surface area (Å²) in [6, 6.07) is 14.5. The highest BCUT2D eigenvalue weighted by atomic mass is 16.5. The van der Waals surface area contributed by atoms with E-state index in [0.717, 1.165) is 30.4 Å². The first-order chi connectivity index (χ1) is 16.4. The van der Waals surface area contributed by atoms with Gasteiger partial charge in [-0.2, -0.15) is 0 Å². The first kappa shape index (κ1) is 22.0. The van der Waals surface area contributed by atoms with E-state index in [9.17, 15) is 9.90 Å². The number of imidazole rings is 1. The maximum Gasteiger partial charge on any atom is 0.263 e. The lowest BCUT2D eigenvalue weighted by atomic mass is 9.84. The van der Waals surface area contributed by atoms with Crippen molar-refractivity contribution in [1.29, 1.82) is 0 Å². The Morgan fingerprint density at radius 1 is 1.12 bits per heavy atom. The van der Waals surface area contributed by atoms with Gasteiger partial charge in [-0.1, -0.05) is 12.1 Å². The van der Waals surface area contributed by atoms with Crippen molar-refractivity contribution in [2.75, 3.05) is 18.0 Å². The molecule has 0 amide bonds. The largest absolute Gasteiger partial charge is 0.436 e. The van der Waals surface area contributed by atoms with Gasteiger partial charge in [-0.25, -0.2) is 15.0 Å². The number of piperidine rings is 1. The molecule has 1 aliphatic rings. The van der Waals surface area contributed by atoms with Crippen LogP contribution >= 0.6 is 0 Å². The number of aromatic nitrogens is 4. The summed E-state index contributed by atoms with van der Waals surface area (Å²) in [6.45, 7) is 5.21. The molecule has 0 spiro atoms. The number of carbonyl (C=O) groups is 1. The number of aromatic amines is 1. The zero-order chi connectivity index (χ0) is 23.7. The minimum absolute atomic E-state index is 0.139. The van der Waals surface area contributed by atoms with Crippen molar-refractivity contribution in [3.63, 3.8) is 0 Å². The number of nitrogens with one attached hydrogen (secondary N) is 1. The Kier molecular flexibility index (Phi) is 5.75. The van der Waals surface area contributed by atoms with Crippen LogP contribution < -0.4 is 9.64 Å². The predicted octanol–water partition coefficient (Wildman–Crippen LogP) is 4.36. The normalized spacial score (nSPS) is 16.6. The Bertz CT molecular complexity index is 1280. The van der Waals surface area contributed by atoms with E-state index in [1.165, 1.54) is 0 Å². The highest BCUT2D eigenvalue weighted by molar-refractivity contribution is 6.08. The van der Waals surface area contributed by atoms with E-state index in [2.05, 4.69) is 24.8 Å². The highest BCUT2D eigenvalue weighted by Crippen LogP contribution is 2.34. The zero-order valence-corrected chi connectivity index (χ0v) is 19.2. The molecule has 8 heteroatoms. The first-order valence-corrected chi connectivity index (χ1v) is 11.4. The molecule has 34 heavy (non-hydrogen) atoms. The summed E-state index contributed by atoms with van der Waals surface area (Å²) in [4.78, 5) is 31.4. The zero-order valence-electron chi connectivity index (χ0n) is 19.2. The second-order valence-corrected chi connectivity index (χ2v) is 9.18. The van der Waals surface area contributed by atoms with E-state index in [4.69, 9.17) is 4.74 Å². The number of nitrogens with zero attached hydrogens (tertiary/aromatic N) is 4. The Morgan fingerprint density at radius 3 is 2.65 bits per heavy atom. The molecular formula is C26H27N5O3. The molecule has 5 rings (SSSR count). The number of ketones is 1. The van der Waals surface area contributed by atoms with Crippen LogP contribution in [0.1, 0.15) is 42.9 Å². The molecule has 1 atom stereocenters. The average molecular weight is 458 g/mol. The molecule has 3 heterocycles. The predicted molar refractivity (Wildman–Crippen MR) is 129 cm³/mol. The van der Waals surface area contributed by atoms with Crippen molar-refractivity contribution < 1.29 is 14.6 Å². The van der Waals surface area contributed by atoms with E-state index < -0.39 is 5.60 Å². The van der Waals surface area contributed by atoms with E-state index in [1.807, 2.05) is 38.1 Å². The molecule has 1 aliphatic heterocycles. The number of H-pyrrole nitrogens is 1. The molecule has 0 unspecified atom stereocenters. The number of aliphatic hydroxyl groups is 1. The summed E-state index contributed by atoms with van der Waals surface area (Å²) in [5.74, 6) is 1.86. The van der Waals surface area contributed by atoms with Gasteiger partial charge in [0.2, 0.25) is 5.78 Å². The van der Waals surface area contributed by atoms with Crippen LogP contribution in [0.4, 0.5) is 5.82 Å². The Balaban J connectivity index is 1.33.